The molecule has 1 fully saturated rings. The lowest BCUT2D eigenvalue weighted by Gasteiger charge is -2.13. The summed E-state index contributed by atoms with van der Waals surface area (Å²) >= 11 is 1.29. The molecular formula is C29H24N2O4S. The van der Waals surface area contributed by atoms with E-state index in [9.17, 15) is 4.79 Å². The second-order valence-electron chi connectivity index (χ2n) is 8.02. The summed E-state index contributed by atoms with van der Waals surface area (Å²) in [6.07, 6.45) is 1.81. The van der Waals surface area contributed by atoms with Crippen molar-refractivity contribution in [3.8, 4) is 17.2 Å². The fourth-order valence-electron chi connectivity index (χ4n) is 3.87. The molecule has 1 aliphatic rings. The van der Waals surface area contributed by atoms with Crippen molar-refractivity contribution >= 4 is 45.4 Å². The van der Waals surface area contributed by atoms with Crippen molar-refractivity contribution in [1.29, 1.82) is 0 Å². The molecule has 5 rings (SSSR count). The van der Waals surface area contributed by atoms with E-state index in [1.54, 1.807) is 14.2 Å². The lowest BCUT2D eigenvalue weighted by Crippen LogP contribution is -2.19. The zero-order chi connectivity index (χ0) is 24.9. The summed E-state index contributed by atoms with van der Waals surface area (Å²) in [4.78, 5) is 17.6. The van der Waals surface area contributed by atoms with Crippen LogP contribution >= 0.6 is 11.8 Å². The molecule has 1 amide bonds. The first-order valence-electron chi connectivity index (χ1n) is 11.3. The smallest absolute Gasteiger partial charge is 0.264 e. The number of benzene rings is 4. The minimum Gasteiger partial charge on any atom is -0.497 e. The number of hydrogen-bond donors (Lipinski definition) is 1. The fourth-order valence-corrected chi connectivity index (χ4v) is 4.71. The Morgan fingerprint density at radius 1 is 0.889 bits per heavy atom. The van der Waals surface area contributed by atoms with Crippen LogP contribution < -0.4 is 19.5 Å². The molecule has 0 radical (unpaired) electrons. The van der Waals surface area contributed by atoms with E-state index < -0.39 is 0 Å². The highest BCUT2D eigenvalue weighted by Gasteiger charge is 2.24. The van der Waals surface area contributed by atoms with Gasteiger partial charge >= 0.3 is 0 Å². The largest absolute Gasteiger partial charge is 0.497 e. The first kappa shape index (κ1) is 23.5. The molecule has 1 saturated heterocycles. The molecular weight excluding hydrogens is 472 g/mol. The number of hydrogen-bond acceptors (Lipinski definition) is 6. The molecule has 4 aromatic carbocycles. The van der Waals surface area contributed by atoms with E-state index in [2.05, 4.69) is 34.6 Å². The van der Waals surface area contributed by atoms with Gasteiger partial charge in [-0.05, 0) is 76.1 Å². The molecule has 0 unspecified atom stereocenters. The Labute approximate surface area is 213 Å². The number of aliphatic imine (C=N–C) groups is 1. The minimum absolute atomic E-state index is 0.192. The van der Waals surface area contributed by atoms with Crippen molar-refractivity contribution in [2.45, 2.75) is 6.61 Å². The molecule has 0 saturated carbocycles. The number of rotatable bonds is 7. The van der Waals surface area contributed by atoms with Crippen molar-refractivity contribution in [1.82, 2.24) is 5.32 Å². The molecule has 180 valence electrons. The zero-order valence-electron chi connectivity index (χ0n) is 19.9. The molecule has 1 heterocycles. The Balaban J connectivity index is 1.31. The van der Waals surface area contributed by atoms with E-state index in [0.29, 0.717) is 28.2 Å². The number of nitrogens with one attached hydrogen (secondary N) is 1. The second-order valence-corrected chi connectivity index (χ2v) is 9.05. The van der Waals surface area contributed by atoms with Crippen molar-refractivity contribution in [2.75, 3.05) is 14.2 Å². The summed E-state index contributed by atoms with van der Waals surface area (Å²) in [6, 6.07) is 27.4. The van der Waals surface area contributed by atoms with Crippen LogP contribution in [0.4, 0.5) is 5.69 Å². The fraction of sp³-hybridized carbons (Fsp3) is 0.103. The highest BCUT2D eigenvalue weighted by molar-refractivity contribution is 8.18. The van der Waals surface area contributed by atoms with Crippen LogP contribution in [0.5, 0.6) is 17.2 Å². The average Bonchev–Trinajstić information content (AvgIpc) is 3.26. The number of carbonyl (C=O) groups is 1. The van der Waals surface area contributed by atoms with Gasteiger partial charge in [0.25, 0.3) is 5.91 Å². The number of amides is 1. The molecule has 1 aliphatic heterocycles. The van der Waals surface area contributed by atoms with Gasteiger partial charge in [0.05, 0.1) is 24.8 Å². The monoisotopic (exact) mass is 496 g/mol. The third-order valence-electron chi connectivity index (χ3n) is 5.70. The number of nitrogens with zero attached hydrogens (tertiary/aromatic N) is 1. The van der Waals surface area contributed by atoms with Gasteiger partial charge in [-0.3, -0.25) is 4.79 Å². The van der Waals surface area contributed by atoms with E-state index in [4.69, 9.17) is 14.2 Å². The van der Waals surface area contributed by atoms with E-state index in [1.807, 2.05) is 66.7 Å². The summed E-state index contributed by atoms with van der Waals surface area (Å²) in [5, 5.41) is 5.68. The predicted octanol–water partition coefficient (Wildman–Crippen LogP) is 6.33. The predicted molar refractivity (Wildman–Crippen MR) is 145 cm³/mol. The Morgan fingerprint density at radius 3 is 2.50 bits per heavy atom. The van der Waals surface area contributed by atoms with Crippen LogP contribution in [-0.2, 0) is 11.4 Å². The van der Waals surface area contributed by atoms with Gasteiger partial charge in [0.1, 0.15) is 12.4 Å². The van der Waals surface area contributed by atoms with Gasteiger partial charge in [-0.15, -0.1) is 0 Å². The normalized spacial score (nSPS) is 15.3. The molecule has 0 spiro atoms. The molecule has 4 aromatic rings. The van der Waals surface area contributed by atoms with E-state index in [1.165, 1.54) is 17.1 Å². The van der Waals surface area contributed by atoms with Gasteiger partial charge in [0.2, 0.25) is 0 Å². The van der Waals surface area contributed by atoms with Crippen molar-refractivity contribution < 1.29 is 19.0 Å². The lowest BCUT2D eigenvalue weighted by atomic mass is 10.1. The van der Waals surface area contributed by atoms with Crippen LogP contribution in [0.25, 0.3) is 16.8 Å². The van der Waals surface area contributed by atoms with Crippen LogP contribution in [0.3, 0.4) is 0 Å². The molecule has 0 atom stereocenters. The molecule has 0 aliphatic carbocycles. The Hall–Kier alpha value is -4.23. The highest BCUT2D eigenvalue weighted by atomic mass is 32.2. The number of thioether (sulfide) groups is 1. The molecule has 0 bridgehead atoms. The van der Waals surface area contributed by atoms with Crippen LogP contribution in [0.2, 0.25) is 0 Å². The van der Waals surface area contributed by atoms with E-state index >= 15 is 0 Å². The van der Waals surface area contributed by atoms with E-state index in [-0.39, 0.29) is 5.91 Å². The second kappa shape index (κ2) is 10.6. The first-order valence-corrected chi connectivity index (χ1v) is 12.2. The van der Waals surface area contributed by atoms with Gasteiger partial charge < -0.3 is 19.5 Å². The quantitative estimate of drug-likeness (QED) is 0.303. The SMILES string of the molecule is COc1ccc(N=C2NC(=O)/C(=C\c3ccc(OCc4cccc5ccccc45)c(OC)c3)S2)cc1. The van der Waals surface area contributed by atoms with Crippen molar-refractivity contribution in [2.24, 2.45) is 4.99 Å². The van der Waals surface area contributed by atoms with Gasteiger partial charge in [-0.25, -0.2) is 4.99 Å². The number of fused-ring (bicyclic) bond motifs is 1. The number of methoxy groups -OCH3 is 2. The number of amidine groups is 1. The van der Waals surface area contributed by atoms with Crippen LogP contribution in [-0.4, -0.2) is 25.3 Å². The standard InChI is InChI=1S/C29H24N2O4S/c1-33-23-13-11-22(12-14-23)30-29-31-28(32)27(36-29)17-19-10-15-25(26(16-19)34-2)35-18-21-8-5-7-20-6-3-4-9-24(20)21/h3-17H,18H2,1-2H3,(H,30,31,32)/b27-17+. The number of ether oxygens (including phenoxy) is 3. The topological polar surface area (TPSA) is 69.2 Å². The van der Waals surface area contributed by atoms with Gasteiger partial charge in [-0.1, -0.05) is 48.5 Å². The third kappa shape index (κ3) is 5.21. The van der Waals surface area contributed by atoms with Crippen molar-refractivity contribution in [3.63, 3.8) is 0 Å². The number of carbonyl (C=O) groups excluding carboxylic acids is 1. The summed E-state index contributed by atoms with van der Waals surface area (Å²) in [6.45, 7) is 0.418. The molecule has 36 heavy (non-hydrogen) atoms. The van der Waals surface area contributed by atoms with Crippen LogP contribution in [0.15, 0.2) is 94.8 Å². The van der Waals surface area contributed by atoms with Crippen LogP contribution in [0, 0.1) is 0 Å². The summed E-state index contributed by atoms with van der Waals surface area (Å²) in [5.74, 6) is 1.79. The van der Waals surface area contributed by atoms with Crippen molar-refractivity contribution in [3.05, 3.63) is 101 Å². The summed E-state index contributed by atoms with van der Waals surface area (Å²) < 4.78 is 16.9. The Morgan fingerprint density at radius 2 is 1.69 bits per heavy atom. The first-order chi connectivity index (χ1) is 17.6. The summed E-state index contributed by atoms with van der Waals surface area (Å²) in [7, 11) is 3.22. The van der Waals surface area contributed by atoms with Gasteiger partial charge in [0.15, 0.2) is 16.7 Å². The molecule has 0 aromatic heterocycles. The average molecular weight is 497 g/mol. The Kier molecular flexibility index (Phi) is 6.91. The Bertz CT molecular complexity index is 1470. The van der Waals surface area contributed by atoms with Gasteiger partial charge in [-0.2, -0.15) is 0 Å². The summed E-state index contributed by atoms with van der Waals surface area (Å²) in [5.41, 5.74) is 2.66. The molecule has 1 N–H and O–H groups in total. The van der Waals surface area contributed by atoms with Crippen LogP contribution in [0.1, 0.15) is 11.1 Å². The molecule has 7 heteroatoms. The van der Waals surface area contributed by atoms with E-state index in [0.717, 1.165) is 28.0 Å². The maximum absolute atomic E-state index is 12.5. The highest BCUT2D eigenvalue weighted by Crippen LogP contribution is 2.33. The third-order valence-corrected chi connectivity index (χ3v) is 6.61. The zero-order valence-corrected chi connectivity index (χ0v) is 20.7. The maximum atomic E-state index is 12.5. The maximum Gasteiger partial charge on any atom is 0.264 e. The lowest BCUT2D eigenvalue weighted by molar-refractivity contribution is -0.115. The molecule has 6 nitrogen and oxygen atoms in total. The van der Waals surface area contributed by atoms with Gasteiger partial charge in [0, 0.05) is 0 Å². The minimum atomic E-state index is -0.192.